The molecule has 18 heavy (non-hydrogen) atoms. The van der Waals surface area contributed by atoms with E-state index in [0.29, 0.717) is 6.04 Å². The van der Waals surface area contributed by atoms with Crippen molar-refractivity contribution in [3.8, 4) is 0 Å². The Morgan fingerprint density at radius 3 is 2.28 bits per heavy atom. The molecular weight excluding hydrogens is 224 g/mol. The summed E-state index contributed by atoms with van der Waals surface area (Å²) in [6.07, 6.45) is 4.87. The first-order valence-electron chi connectivity index (χ1n) is 7.59. The third-order valence-electron chi connectivity index (χ3n) is 3.68. The lowest BCUT2D eigenvalue weighted by Crippen LogP contribution is -2.48. The second kappa shape index (κ2) is 9.76. The van der Waals surface area contributed by atoms with Crippen LogP contribution in [0.5, 0.6) is 0 Å². The van der Waals surface area contributed by atoms with Gasteiger partial charge in [-0.2, -0.15) is 0 Å². The third-order valence-corrected chi connectivity index (χ3v) is 3.68. The van der Waals surface area contributed by atoms with Crippen molar-refractivity contribution < 1.29 is 5.11 Å². The Hall–Kier alpha value is -0.120. The topological polar surface area (TPSA) is 35.5 Å². The summed E-state index contributed by atoms with van der Waals surface area (Å²) in [6, 6.07) is 0.589. The Labute approximate surface area is 114 Å². The van der Waals surface area contributed by atoms with Crippen molar-refractivity contribution in [2.24, 2.45) is 0 Å². The third kappa shape index (κ3) is 7.34. The van der Waals surface area contributed by atoms with Gasteiger partial charge in [0.25, 0.3) is 0 Å². The highest BCUT2D eigenvalue weighted by molar-refractivity contribution is 4.83. The van der Waals surface area contributed by atoms with Crippen molar-refractivity contribution in [2.45, 2.75) is 71.9 Å². The van der Waals surface area contributed by atoms with Crippen LogP contribution in [0.4, 0.5) is 0 Å². The van der Waals surface area contributed by atoms with Crippen LogP contribution in [0.2, 0.25) is 0 Å². The fraction of sp³-hybridized carbons (Fsp3) is 1.00. The van der Waals surface area contributed by atoms with E-state index in [9.17, 15) is 5.11 Å². The maximum absolute atomic E-state index is 9.50. The van der Waals surface area contributed by atoms with E-state index in [2.05, 4.69) is 44.8 Å². The van der Waals surface area contributed by atoms with Crippen molar-refractivity contribution in [3.05, 3.63) is 0 Å². The molecule has 0 aromatic carbocycles. The summed E-state index contributed by atoms with van der Waals surface area (Å²) in [4.78, 5) is 2.53. The van der Waals surface area contributed by atoms with Gasteiger partial charge in [0, 0.05) is 18.1 Å². The van der Waals surface area contributed by atoms with E-state index in [1.165, 1.54) is 25.8 Å². The maximum Gasteiger partial charge on any atom is 0.0611 e. The summed E-state index contributed by atoms with van der Waals surface area (Å²) >= 11 is 0. The van der Waals surface area contributed by atoms with E-state index in [0.717, 1.165) is 19.5 Å². The fourth-order valence-electron chi connectivity index (χ4n) is 2.23. The molecule has 0 aliphatic heterocycles. The average Bonchev–Trinajstić information content (AvgIpc) is 2.33. The number of likely N-dealkylation sites (N-methyl/N-ethyl adjacent to an activating group) is 1. The molecule has 0 rings (SSSR count). The van der Waals surface area contributed by atoms with Crippen LogP contribution in [-0.4, -0.2) is 47.8 Å². The van der Waals surface area contributed by atoms with Gasteiger partial charge in [0.15, 0.2) is 0 Å². The Morgan fingerprint density at radius 2 is 1.83 bits per heavy atom. The van der Waals surface area contributed by atoms with E-state index in [1.54, 1.807) is 0 Å². The zero-order chi connectivity index (χ0) is 14.0. The van der Waals surface area contributed by atoms with Gasteiger partial charge in [-0.05, 0) is 46.7 Å². The minimum atomic E-state index is -0.132. The second-order valence-electron chi connectivity index (χ2n) is 5.84. The van der Waals surface area contributed by atoms with Gasteiger partial charge in [-0.3, -0.25) is 0 Å². The molecule has 0 aliphatic rings. The van der Waals surface area contributed by atoms with Crippen molar-refractivity contribution >= 4 is 0 Å². The van der Waals surface area contributed by atoms with Crippen LogP contribution in [0.15, 0.2) is 0 Å². The van der Waals surface area contributed by atoms with Crippen LogP contribution in [0.25, 0.3) is 0 Å². The molecule has 3 nitrogen and oxygen atoms in total. The molecule has 0 heterocycles. The van der Waals surface area contributed by atoms with Gasteiger partial charge in [-0.15, -0.1) is 0 Å². The number of hydrogen-bond donors (Lipinski definition) is 2. The second-order valence-corrected chi connectivity index (χ2v) is 5.84. The molecule has 0 aliphatic carbocycles. The van der Waals surface area contributed by atoms with Crippen LogP contribution in [0, 0.1) is 0 Å². The largest absolute Gasteiger partial charge is 0.394 e. The summed E-state index contributed by atoms with van der Waals surface area (Å²) in [6.45, 7) is 14.3. The van der Waals surface area contributed by atoms with Gasteiger partial charge in [-0.25, -0.2) is 0 Å². The summed E-state index contributed by atoms with van der Waals surface area (Å²) in [7, 11) is 0. The van der Waals surface area contributed by atoms with Gasteiger partial charge >= 0.3 is 0 Å². The van der Waals surface area contributed by atoms with Gasteiger partial charge in [-0.1, -0.05) is 26.7 Å². The Balaban J connectivity index is 4.15. The van der Waals surface area contributed by atoms with Crippen LogP contribution in [-0.2, 0) is 0 Å². The molecule has 0 aromatic rings. The molecule has 1 atom stereocenters. The lowest BCUT2D eigenvalue weighted by Gasteiger charge is -2.33. The van der Waals surface area contributed by atoms with Gasteiger partial charge in [0.05, 0.1) is 6.61 Å². The number of unbranched alkanes of at least 4 members (excludes halogenated alkanes) is 2. The monoisotopic (exact) mass is 258 g/mol. The number of aliphatic hydroxyl groups excluding tert-OH is 1. The van der Waals surface area contributed by atoms with Crippen LogP contribution >= 0.6 is 0 Å². The molecule has 0 radical (unpaired) electrons. The smallest absolute Gasteiger partial charge is 0.0611 e. The Bertz CT molecular complexity index is 197. The predicted octanol–water partition coefficient (Wildman–Crippen LogP) is 2.64. The molecule has 110 valence electrons. The zero-order valence-corrected chi connectivity index (χ0v) is 13.1. The Morgan fingerprint density at radius 1 is 1.17 bits per heavy atom. The molecule has 0 fully saturated rings. The standard InChI is InChI=1S/C15H34N2O/c1-6-8-9-11-17(14(3)4)12-10-15(5,13-18)16-7-2/h14,16,18H,6-13H2,1-5H3. The summed E-state index contributed by atoms with van der Waals surface area (Å²) < 4.78 is 0. The average molecular weight is 258 g/mol. The molecule has 0 amide bonds. The SMILES string of the molecule is CCCCCN(CCC(C)(CO)NCC)C(C)C. The minimum Gasteiger partial charge on any atom is -0.394 e. The Kier molecular flexibility index (Phi) is 9.70. The van der Waals surface area contributed by atoms with Crippen LogP contribution in [0.3, 0.4) is 0 Å². The molecule has 1 unspecified atom stereocenters. The summed E-state index contributed by atoms with van der Waals surface area (Å²) in [5.41, 5.74) is -0.132. The van der Waals surface area contributed by atoms with Gasteiger partial charge in [0.2, 0.25) is 0 Å². The summed E-state index contributed by atoms with van der Waals surface area (Å²) in [5, 5.41) is 12.9. The normalized spacial score (nSPS) is 15.3. The van der Waals surface area contributed by atoms with Crippen molar-refractivity contribution in [2.75, 3.05) is 26.2 Å². The van der Waals surface area contributed by atoms with E-state index in [4.69, 9.17) is 0 Å². The van der Waals surface area contributed by atoms with Crippen molar-refractivity contribution in [1.29, 1.82) is 0 Å². The number of aliphatic hydroxyl groups is 1. The number of rotatable bonds is 11. The highest BCUT2D eigenvalue weighted by Gasteiger charge is 2.23. The maximum atomic E-state index is 9.50. The first-order chi connectivity index (χ1) is 8.49. The van der Waals surface area contributed by atoms with Gasteiger partial charge < -0.3 is 15.3 Å². The van der Waals surface area contributed by atoms with E-state index < -0.39 is 0 Å². The summed E-state index contributed by atoms with van der Waals surface area (Å²) in [5.74, 6) is 0. The molecule has 0 saturated carbocycles. The highest BCUT2D eigenvalue weighted by Crippen LogP contribution is 2.12. The first kappa shape index (κ1) is 17.9. The van der Waals surface area contributed by atoms with E-state index >= 15 is 0 Å². The molecule has 2 N–H and O–H groups in total. The van der Waals surface area contributed by atoms with Crippen molar-refractivity contribution in [1.82, 2.24) is 10.2 Å². The quantitative estimate of drug-likeness (QED) is 0.559. The lowest BCUT2D eigenvalue weighted by molar-refractivity contribution is 0.135. The predicted molar refractivity (Wildman–Crippen MR) is 80.0 cm³/mol. The number of hydrogen-bond acceptors (Lipinski definition) is 3. The van der Waals surface area contributed by atoms with Crippen LogP contribution in [0.1, 0.15) is 60.3 Å². The van der Waals surface area contributed by atoms with Gasteiger partial charge in [0.1, 0.15) is 0 Å². The first-order valence-corrected chi connectivity index (χ1v) is 7.59. The molecule has 0 saturated heterocycles. The van der Waals surface area contributed by atoms with E-state index in [1.807, 2.05) is 0 Å². The molecule has 0 aromatic heterocycles. The van der Waals surface area contributed by atoms with Crippen LogP contribution < -0.4 is 5.32 Å². The molecule has 3 heteroatoms. The molecule has 0 bridgehead atoms. The highest BCUT2D eigenvalue weighted by atomic mass is 16.3. The van der Waals surface area contributed by atoms with E-state index in [-0.39, 0.29) is 12.1 Å². The lowest BCUT2D eigenvalue weighted by atomic mass is 9.98. The minimum absolute atomic E-state index is 0.132. The number of nitrogens with zero attached hydrogens (tertiary/aromatic N) is 1. The molecule has 0 spiro atoms. The molecular formula is C15H34N2O. The van der Waals surface area contributed by atoms with Crippen molar-refractivity contribution in [3.63, 3.8) is 0 Å². The fourth-order valence-corrected chi connectivity index (χ4v) is 2.23. The zero-order valence-electron chi connectivity index (χ0n) is 13.1. The number of nitrogens with one attached hydrogen (secondary N) is 1.